The fraction of sp³-hybridized carbons (Fsp3) is 0.417. The fourth-order valence-corrected chi connectivity index (χ4v) is 6.06. The molecule has 1 unspecified atom stereocenters. The smallest absolute Gasteiger partial charge is 0.189 e. The van der Waals surface area contributed by atoms with E-state index in [1.807, 2.05) is 29.5 Å². The van der Waals surface area contributed by atoms with Gasteiger partial charge in [0, 0.05) is 48.0 Å². The Labute approximate surface area is 180 Å². The summed E-state index contributed by atoms with van der Waals surface area (Å²) in [6.45, 7) is 6.05. The summed E-state index contributed by atoms with van der Waals surface area (Å²) in [4.78, 5) is 5.25. The predicted octanol–water partition coefficient (Wildman–Crippen LogP) is 4.28. The van der Waals surface area contributed by atoms with Crippen LogP contribution in [0.3, 0.4) is 0 Å². The number of ether oxygens (including phenoxy) is 3. The standard InChI is InChI=1S/C24H26N2O3S/c1-4-20-24-17(15-30-23(24)7-1)12-18-13-25(9-10-26(18)20)8-3-11-28-21-5-2-6-22-19(21)14-27-16-29-22/h1-2,4-7,15,18H,3,8-14,16H2. The van der Waals surface area contributed by atoms with Gasteiger partial charge in [0.1, 0.15) is 11.5 Å². The summed E-state index contributed by atoms with van der Waals surface area (Å²) >= 11 is 1.89. The highest BCUT2D eigenvalue weighted by atomic mass is 32.1. The Balaban J connectivity index is 1.05. The molecule has 0 radical (unpaired) electrons. The van der Waals surface area contributed by atoms with E-state index in [9.17, 15) is 0 Å². The molecule has 5 nitrogen and oxygen atoms in total. The van der Waals surface area contributed by atoms with Crippen molar-refractivity contribution >= 4 is 27.1 Å². The van der Waals surface area contributed by atoms with E-state index in [-0.39, 0.29) is 0 Å². The topological polar surface area (TPSA) is 34.2 Å². The molecular weight excluding hydrogens is 396 g/mol. The first-order valence-corrected chi connectivity index (χ1v) is 11.7. The molecule has 0 saturated carbocycles. The monoisotopic (exact) mass is 422 g/mol. The first kappa shape index (κ1) is 18.5. The van der Waals surface area contributed by atoms with Crippen LogP contribution in [0.5, 0.6) is 11.5 Å². The van der Waals surface area contributed by atoms with Gasteiger partial charge >= 0.3 is 0 Å². The molecule has 0 bridgehead atoms. The van der Waals surface area contributed by atoms with Crippen molar-refractivity contribution in [2.24, 2.45) is 0 Å². The van der Waals surface area contributed by atoms with Crippen LogP contribution < -0.4 is 14.4 Å². The number of rotatable bonds is 5. The Morgan fingerprint density at radius 1 is 1.13 bits per heavy atom. The lowest BCUT2D eigenvalue weighted by atomic mass is 9.94. The van der Waals surface area contributed by atoms with Gasteiger partial charge in [0.2, 0.25) is 0 Å². The quantitative estimate of drug-likeness (QED) is 0.573. The molecule has 1 fully saturated rings. The fourth-order valence-electron chi connectivity index (χ4n) is 5.07. The van der Waals surface area contributed by atoms with Gasteiger partial charge in [-0.1, -0.05) is 12.1 Å². The molecule has 1 saturated heterocycles. The first-order chi connectivity index (χ1) is 14.9. The van der Waals surface area contributed by atoms with Gasteiger partial charge in [0.25, 0.3) is 0 Å². The normalized spacial score (nSPS) is 20.5. The molecule has 0 aliphatic carbocycles. The van der Waals surface area contributed by atoms with Crippen molar-refractivity contribution in [3.63, 3.8) is 0 Å². The average Bonchev–Trinajstić information content (AvgIpc) is 3.21. The van der Waals surface area contributed by atoms with E-state index in [0.29, 0.717) is 19.4 Å². The second-order valence-electron chi connectivity index (χ2n) is 8.31. The van der Waals surface area contributed by atoms with E-state index < -0.39 is 0 Å². The number of hydrogen-bond donors (Lipinski definition) is 0. The SMILES string of the molecule is c1cc(OCCCN2CCN3c4cccc5scc(c45)CC3C2)c2c(c1)OCOC2. The Hall–Kier alpha value is -2.28. The van der Waals surface area contributed by atoms with Crippen LogP contribution in [0.4, 0.5) is 5.69 Å². The molecule has 0 amide bonds. The summed E-state index contributed by atoms with van der Waals surface area (Å²) in [5.74, 6) is 1.78. The van der Waals surface area contributed by atoms with Crippen molar-refractivity contribution in [2.45, 2.75) is 25.5 Å². The molecule has 3 aliphatic rings. The maximum atomic E-state index is 6.08. The Morgan fingerprint density at radius 3 is 3.10 bits per heavy atom. The van der Waals surface area contributed by atoms with Crippen LogP contribution >= 0.6 is 11.3 Å². The maximum absolute atomic E-state index is 6.08. The summed E-state index contributed by atoms with van der Waals surface area (Å²) in [6.07, 6.45) is 2.19. The number of benzene rings is 2. The Kier molecular flexibility index (Phi) is 4.78. The lowest BCUT2D eigenvalue weighted by molar-refractivity contribution is -0.0178. The van der Waals surface area contributed by atoms with Crippen molar-refractivity contribution in [1.82, 2.24) is 4.90 Å². The lowest BCUT2D eigenvalue weighted by Gasteiger charge is -2.45. The summed E-state index contributed by atoms with van der Waals surface area (Å²) < 4.78 is 18.5. The van der Waals surface area contributed by atoms with Gasteiger partial charge in [-0.15, -0.1) is 11.3 Å². The molecule has 6 rings (SSSR count). The first-order valence-electron chi connectivity index (χ1n) is 10.8. The van der Waals surface area contributed by atoms with E-state index in [1.165, 1.54) is 27.8 Å². The average molecular weight is 423 g/mol. The van der Waals surface area contributed by atoms with E-state index in [1.54, 1.807) is 0 Å². The molecule has 3 aliphatic heterocycles. The highest BCUT2D eigenvalue weighted by Gasteiger charge is 2.32. The van der Waals surface area contributed by atoms with Crippen LogP contribution in [0.25, 0.3) is 10.1 Å². The molecule has 3 aromatic rings. The molecule has 2 aromatic carbocycles. The van der Waals surface area contributed by atoms with E-state index in [4.69, 9.17) is 14.2 Å². The zero-order valence-electron chi connectivity index (χ0n) is 17.0. The number of fused-ring (bicyclic) bond motifs is 3. The Morgan fingerprint density at radius 2 is 2.10 bits per heavy atom. The third-order valence-electron chi connectivity index (χ3n) is 6.50. The van der Waals surface area contributed by atoms with Crippen LogP contribution in [0.1, 0.15) is 17.5 Å². The van der Waals surface area contributed by atoms with Crippen LogP contribution in [-0.2, 0) is 17.8 Å². The minimum atomic E-state index is 0.324. The highest BCUT2D eigenvalue weighted by Crippen LogP contribution is 2.41. The number of piperazine rings is 1. The van der Waals surface area contributed by atoms with Crippen molar-refractivity contribution in [1.29, 1.82) is 0 Å². The largest absolute Gasteiger partial charge is 0.493 e. The third kappa shape index (κ3) is 3.23. The third-order valence-corrected chi connectivity index (χ3v) is 7.49. The summed E-state index contributed by atoms with van der Waals surface area (Å²) in [5.41, 5.74) is 4.01. The van der Waals surface area contributed by atoms with Crippen molar-refractivity contribution in [3.8, 4) is 11.5 Å². The van der Waals surface area contributed by atoms with E-state index >= 15 is 0 Å². The molecule has 1 atom stereocenters. The second kappa shape index (κ2) is 7.76. The van der Waals surface area contributed by atoms with Crippen LogP contribution in [0.15, 0.2) is 41.8 Å². The molecule has 4 heterocycles. The molecular formula is C24H26N2O3S. The van der Waals surface area contributed by atoms with Gasteiger partial charge in [-0.25, -0.2) is 0 Å². The molecule has 0 N–H and O–H groups in total. The molecule has 30 heavy (non-hydrogen) atoms. The highest BCUT2D eigenvalue weighted by molar-refractivity contribution is 7.17. The van der Waals surface area contributed by atoms with Gasteiger partial charge < -0.3 is 19.1 Å². The van der Waals surface area contributed by atoms with Crippen LogP contribution in [0.2, 0.25) is 0 Å². The maximum Gasteiger partial charge on any atom is 0.189 e. The van der Waals surface area contributed by atoms with E-state index in [0.717, 1.165) is 56.3 Å². The minimum Gasteiger partial charge on any atom is -0.493 e. The predicted molar refractivity (Wildman–Crippen MR) is 120 cm³/mol. The van der Waals surface area contributed by atoms with Gasteiger partial charge in [-0.3, -0.25) is 4.90 Å². The molecule has 156 valence electrons. The van der Waals surface area contributed by atoms with Gasteiger partial charge in [0.05, 0.1) is 18.8 Å². The number of nitrogens with zero attached hydrogens (tertiary/aromatic N) is 2. The van der Waals surface area contributed by atoms with Crippen molar-refractivity contribution < 1.29 is 14.2 Å². The number of thiophene rings is 1. The number of hydrogen-bond acceptors (Lipinski definition) is 6. The van der Waals surface area contributed by atoms with Gasteiger partial charge in [0.15, 0.2) is 6.79 Å². The van der Waals surface area contributed by atoms with Crippen molar-refractivity contribution in [3.05, 3.63) is 52.9 Å². The van der Waals surface area contributed by atoms with Gasteiger partial charge in [-0.2, -0.15) is 0 Å². The van der Waals surface area contributed by atoms with Crippen LogP contribution in [-0.4, -0.2) is 50.5 Å². The Bertz CT molecular complexity index is 1070. The summed E-state index contributed by atoms with van der Waals surface area (Å²) in [7, 11) is 0. The van der Waals surface area contributed by atoms with Crippen molar-refractivity contribution in [2.75, 3.05) is 44.5 Å². The molecule has 0 spiro atoms. The van der Waals surface area contributed by atoms with Gasteiger partial charge in [-0.05, 0) is 48.1 Å². The number of anilines is 1. The lowest BCUT2D eigenvalue weighted by Crippen LogP contribution is -2.55. The second-order valence-corrected chi connectivity index (χ2v) is 9.22. The molecule has 6 heteroatoms. The zero-order chi connectivity index (χ0) is 19.9. The molecule has 1 aromatic heterocycles. The van der Waals surface area contributed by atoms with Crippen LogP contribution in [0, 0.1) is 0 Å². The zero-order valence-corrected chi connectivity index (χ0v) is 17.8. The summed E-state index contributed by atoms with van der Waals surface area (Å²) in [5, 5.41) is 3.87. The van der Waals surface area contributed by atoms with E-state index in [2.05, 4.69) is 33.4 Å². The summed E-state index contributed by atoms with van der Waals surface area (Å²) in [6, 6.07) is 13.3. The minimum absolute atomic E-state index is 0.324.